The Kier molecular flexibility index (Phi) is 4.58. The summed E-state index contributed by atoms with van der Waals surface area (Å²) < 4.78 is 5.37. The summed E-state index contributed by atoms with van der Waals surface area (Å²) in [5, 5.41) is 4.64. The van der Waals surface area contributed by atoms with Crippen molar-refractivity contribution in [3.8, 4) is 11.3 Å². The summed E-state index contributed by atoms with van der Waals surface area (Å²) in [5.74, 6) is -0.563. The van der Waals surface area contributed by atoms with E-state index in [1.54, 1.807) is 17.9 Å². The Bertz CT molecular complexity index is 1050. The highest BCUT2D eigenvalue weighted by atomic mass is 16.5. The summed E-state index contributed by atoms with van der Waals surface area (Å²) in [4.78, 5) is 31.0. The molecule has 1 aromatic carbocycles. The van der Waals surface area contributed by atoms with Gasteiger partial charge in [-0.25, -0.2) is 4.98 Å². The molecule has 1 saturated heterocycles. The van der Waals surface area contributed by atoms with Crippen molar-refractivity contribution < 1.29 is 14.1 Å². The van der Waals surface area contributed by atoms with Gasteiger partial charge in [0.15, 0.2) is 0 Å². The van der Waals surface area contributed by atoms with Crippen molar-refractivity contribution in [3.63, 3.8) is 0 Å². The second-order valence-electron chi connectivity index (χ2n) is 7.34. The Balaban J connectivity index is 1.73. The number of nitrogens with zero attached hydrogens (tertiary/aromatic N) is 3. The van der Waals surface area contributed by atoms with Crippen molar-refractivity contribution in [1.82, 2.24) is 15.0 Å². The largest absolute Gasteiger partial charge is 0.369 e. The number of aryl methyl sites for hydroxylation is 2. The second kappa shape index (κ2) is 7.07. The summed E-state index contributed by atoms with van der Waals surface area (Å²) in [6.07, 6.45) is 1.17. The maximum absolute atomic E-state index is 13.3. The van der Waals surface area contributed by atoms with Crippen LogP contribution in [0.1, 0.15) is 34.5 Å². The van der Waals surface area contributed by atoms with E-state index in [4.69, 9.17) is 10.3 Å². The smallest absolute Gasteiger partial charge is 0.259 e. The second-order valence-corrected chi connectivity index (χ2v) is 7.34. The van der Waals surface area contributed by atoms with Crippen LogP contribution >= 0.6 is 0 Å². The van der Waals surface area contributed by atoms with E-state index in [1.165, 1.54) is 0 Å². The summed E-state index contributed by atoms with van der Waals surface area (Å²) in [6.45, 7) is 4.82. The van der Waals surface area contributed by atoms with Crippen molar-refractivity contribution >= 4 is 22.9 Å². The van der Waals surface area contributed by atoms with Gasteiger partial charge in [0.25, 0.3) is 11.6 Å². The van der Waals surface area contributed by atoms with Gasteiger partial charge in [-0.1, -0.05) is 35.0 Å². The van der Waals surface area contributed by atoms with Crippen LogP contribution in [0.3, 0.4) is 0 Å². The lowest BCUT2D eigenvalue weighted by molar-refractivity contribution is -0.123. The Morgan fingerprint density at radius 3 is 2.46 bits per heavy atom. The number of hydrogen-bond acceptors (Lipinski definition) is 5. The van der Waals surface area contributed by atoms with E-state index in [9.17, 15) is 9.59 Å². The molecule has 2 N–H and O–H groups in total. The Labute approximate surface area is 162 Å². The van der Waals surface area contributed by atoms with E-state index in [2.05, 4.69) is 10.1 Å². The zero-order chi connectivity index (χ0) is 19.8. The molecule has 0 atom stereocenters. The summed E-state index contributed by atoms with van der Waals surface area (Å²) in [7, 11) is 0. The fraction of sp³-hybridized carbons (Fsp3) is 0.333. The van der Waals surface area contributed by atoms with Gasteiger partial charge < -0.3 is 15.2 Å². The average molecular weight is 378 g/mol. The summed E-state index contributed by atoms with van der Waals surface area (Å²) in [5.41, 5.74) is 9.63. The van der Waals surface area contributed by atoms with Crippen LogP contribution in [0.25, 0.3) is 22.4 Å². The van der Waals surface area contributed by atoms with Gasteiger partial charge >= 0.3 is 0 Å². The van der Waals surface area contributed by atoms with Gasteiger partial charge in [-0.05, 0) is 32.8 Å². The number of rotatable bonds is 3. The number of nitrogens with two attached hydrogens (primary N) is 1. The van der Waals surface area contributed by atoms with Crippen molar-refractivity contribution in [3.05, 3.63) is 47.2 Å². The van der Waals surface area contributed by atoms with Gasteiger partial charge in [0.2, 0.25) is 5.91 Å². The van der Waals surface area contributed by atoms with Crippen LogP contribution in [-0.4, -0.2) is 39.9 Å². The first-order chi connectivity index (χ1) is 13.4. The van der Waals surface area contributed by atoms with Crippen molar-refractivity contribution in [2.24, 2.45) is 11.7 Å². The van der Waals surface area contributed by atoms with Crippen molar-refractivity contribution in [2.45, 2.75) is 26.7 Å². The van der Waals surface area contributed by atoms with E-state index in [0.717, 1.165) is 11.1 Å². The number of amides is 2. The lowest BCUT2D eigenvalue weighted by Crippen LogP contribution is -2.41. The number of primary amides is 1. The fourth-order valence-corrected chi connectivity index (χ4v) is 3.67. The number of pyridine rings is 1. The molecule has 1 aliphatic rings. The van der Waals surface area contributed by atoms with Gasteiger partial charge in [0.05, 0.1) is 22.3 Å². The molecular formula is C21H22N4O3. The minimum Gasteiger partial charge on any atom is -0.369 e. The van der Waals surface area contributed by atoms with Gasteiger partial charge in [0, 0.05) is 24.6 Å². The lowest BCUT2D eigenvalue weighted by atomic mass is 9.95. The minimum atomic E-state index is -0.296. The Morgan fingerprint density at radius 1 is 1.14 bits per heavy atom. The molecule has 2 amide bonds. The standard InChI is InChI=1S/C21H22N4O3/c1-12-3-5-14(6-4-12)17-11-16(18-13(2)24-28-20(18)23-17)21(27)25-9-7-15(8-10-25)19(22)26/h3-6,11,15H,7-10H2,1-2H3,(H2,22,26). The van der Waals surface area contributed by atoms with Gasteiger partial charge in [0.1, 0.15) is 0 Å². The molecule has 7 nitrogen and oxygen atoms in total. The maximum atomic E-state index is 13.3. The molecule has 4 rings (SSSR count). The highest BCUT2D eigenvalue weighted by Crippen LogP contribution is 2.29. The van der Waals surface area contributed by atoms with Gasteiger partial charge in [-0.15, -0.1) is 0 Å². The number of piperidine rings is 1. The number of aromatic nitrogens is 2. The number of fused-ring (bicyclic) bond motifs is 1. The molecule has 28 heavy (non-hydrogen) atoms. The zero-order valence-corrected chi connectivity index (χ0v) is 15.9. The third kappa shape index (κ3) is 3.24. The molecule has 0 saturated carbocycles. The minimum absolute atomic E-state index is 0.102. The number of likely N-dealkylation sites (tertiary alicyclic amines) is 1. The van der Waals surface area contributed by atoms with Crippen LogP contribution in [-0.2, 0) is 4.79 Å². The summed E-state index contributed by atoms with van der Waals surface area (Å²) in [6, 6.07) is 9.75. The number of carbonyl (C=O) groups is 2. The molecular weight excluding hydrogens is 356 g/mol. The van der Waals surface area contributed by atoms with Crippen molar-refractivity contribution in [1.29, 1.82) is 0 Å². The molecule has 0 radical (unpaired) electrons. The lowest BCUT2D eigenvalue weighted by Gasteiger charge is -2.30. The first-order valence-electron chi connectivity index (χ1n) is 9.36. The van der Waals surface area contributed by atoms with Crippen molar-refractivity contribution in [2.75, 3.05) is 13.1 Å². The van der Waals surface area contributed by atoms with Crippen LogP contribution in [0.5, 0.6) is 0 Å². The normalized spacial score (nSPS) is 15.1. The monoisotopic (exact) mass is 378 g/mol. The Morgan fingerprint density at radius 2 is 1.82 bits per heavy atom. The van der Waals surface area contributed by atoms with Crippen LogP contribution < -0.4 is 5.73 Å². The average Bonchev–Trinajstić information content (AvgIpc) is 3.08. The molecule has 3 heterocycles. The molecule has 2 aromatic heterocycles. The highest BCUT2D eigenvalue weighted by Gasteiger charge is 2.29. The molecule has 1 fully saturated rings. The van der Waals surface area contributed by atoms with Crippen LogP contribution in [0.15, 0.2) is 34.9 Å². The topological polar surface area (TPSA) is 102 Å². The quantitative estimate of drug-likeness (QED) is 0.755. The third-order valence-corrected chi connectivity index (χ3v) is 5.38. The molecule has 0 spiro atoms. The molecule has 7 heteroatoms. The molecule has 0 bridgehead atoms. The predicted molar refractivity (Wildman–Crippen MR) is 105 cm³/mol. The molecule has 144 valence electrons. The van der Waals surface area contributed by atoms with Gasteiger partial charge in [-0.3, -0.25) is 9.59 Å². The molecule has 1 aliphatic heterocycles. The van der Waals surface area contributed by atoms with E-state index < -0.39 is 0 Å². The SMILES string of the molecule is Cc1ccc(-c2cc(C(=O)N3CCC(C(N)=O)CC3)c3c(C)noc3n2)cc1. The third-order valence-electron chi connectivity index (χ3n) is 5.38. The highest BCUT2D eigenvalue weighted by molar-refractivity contribution is 6.07. The number of benzene rings is 1. The van der Waals surface area contributed by atoms with E-state index in [-0.39, 0.29) is 17.7 Å². The van der Waals surface area contributed by atoms with Crippen LogP contribution in [0.2, 0.25) is 0 Å². The fourth-order valence-electron chi connectivity index (χ4n) is 3.67. The molecule has 3 aromatic rings. The Hall–Kier alpha value is -3.22. The van der Waals surface area contributed by atoms with E-state index >= 15 is 0 Å². The van der Waals surface area contributed by atoms with Gasteiger partial charge in [-0.2, -0.15) is 0 Å². The van der Waals surface area contributed by atoms with E-state index in [1.807, 2.05) is 31.2 Å². The molecule has 0 aliphatic carbocycles. The predicted octanol–water partition coefficient (Wildman–Crippen LogP) is 2.84. The maximum Gasteiger partial charge on any atom is 0.259 e. The zero-order valence-electron chi connectivity index (χ0n) is 15.9. The number of carbonyl (C=O) groups excluding carboxylic acids is 2. The van der Waals surface area contributed by atoms with Crippen LogP contribution in [0, 0.1) is 19.8 Å². The molecule has 0 unspecified atom stereocenters. The number of hydrogen-bond donors (Lipinski definition) is 1. The van der Waals surface area contributed by atoms with Crippen LogP contribution in [0.4, 0.5) is 0 Å². The first-order valence-corrected chi connectivity index (χ1v) is 9.36. The van der Waals surface area contributed by atoms with E-state index in [0.29, 0.717) is 54.0 Å². The summed E-state index contributed by atoms with van der Waals surface area (Å²) >= 11 is 0. The first kappa shape index (κ1) is 18.2.